The van der Waals surface area contributed by atoms with Crippen LogP contribution in [0.1, 0.15) is 64.7 Å². The summed E-state index contributed by atoms with van der Waals surface area (Å²) in [6.07, 6.45) is 10.1. The van der Waals surface area contributed by atoms with Gasteiger partial charge in [0.25, 0.3) is 0 Å². The summed E-state index contributed by atoms with van der Waals surface area (Å²) in [5, 5.41) is 6.17. The van der Waals surface area contributed by atoms with E-state index in [0.717, 1.165) is 56.7 Å². The predicted octanol–water partition coefficient (Wildman–Crippen LogP) is 2.31. The fraction of sp³-hybridized carbons (Fsp3) is 0.905. The van der Waals surface area contributed by atoms with Gasteiger partial charge in [-0.05, 0) is 82.2 Å². The molecule has 2 amide bonds. The van der Waals surface area contributed by atoms with Crippen molar-refractivity contribution in [3.8, 4) is 0 Å². The van der Waals surface area contributed by atoms with Crippen molar-refractivity contribution in [3.63, 3.8) is 0 Å². The highest BCUT2D eigenvalue weighted by Gasteiger charge is 2.54. The Morgan fingerprint density at radius 3 is 2.31 bits per heavy atom. The van der Waals surface area contributed by atoms with Gasteiger partial charge in [-0.15, -0.1) is 0 Å². The molecule has 0 aromatic carbocycles. The van der Waals surface area contributed by atoms with Gasteiger partial charge < -0.3 is 10.6 Å². The summed E-state index contributed by atoms with van der Waals surface area (Å²) in [6, 6.07) is 0.491. The second-order valence-corrected chi connectivity index (χ2v) is 9.43. The van der Waals surface area contributed by atoms with E-state index in [4.69, 9.17) is 0 Å². The molecule has 1 unspecified atom stereocenters. The van der Waals surface area contributed by atoms with Crippen LogP contribution in [0, 0.1) is 23.2 Å². The number of rotatable bonds is 7. The van der Waals surface area contributed by atoms with Gasteiger partial charge in [-0.3, -0.25) is 14.5 Å². The lowest BCUT2D eigenvalue weighted by atomic mass is 9.49. The van der Waals surface area contributed by atoms with Crippen molar-refractivity contribution in [2.24, 2.45) is 23.2 Å². The minimum Gasteiger partial charge on any atom is -0.355 e. The van der Waals surface area contributed by atoms with Crippen LogP contribution >= 0.6 is 0 Å². The van der Waals surface area contributed by atoms with E-state index >= 15 is 0 Å². The van der Waals surface area contributed by atoms with Crippen molar-refractivity contribution in [3.05, 3.63) is 0 Å². The first kappa shape index (κ1) is 18.3. The van der Waals surface area contributed by atoms with Gasteiger partial charge in [0.2, 0.25) is 11.8 Å². The fourth-order valence-corrected chi connectivity index (χ4v) is 6.73. The number of likely N-dealkylation sites (N-methyl/N-ethyl adjacent to an activating group) is 1. The average molecular weight is 362 g/mol. The first-order valence-corrected chi connectivity index (χ1v) is 10.9. The zero-order valence-electron chi connectivity index (χ0n) is 16.3. The monoisotopic (exact) mass is 361 g/mol. The molecule has 0 radical (unpaired) electrons. The summed E-state index contributed by atoms with van der Waals surface area (Å²) in [4.78, 5) is 27.5. The Morgan fingerprint density at radius 1 is 1.04 bits per heavy atom. The summed E-state index contributed by atoms with van der Waals surface area (Å²) >= 11 is 0. The average Bonchev–Trinajstić information content (AvgIpc) is 3.06. The van der Waals surface area contributed by atoms with E-state index in [9.17, 15) is 9.59 Å². The van der Waals surface area contributed by atoms with Crippen LogP contribution in [0.15, 0.2) is 0 Å². The zero-order chi connectivity index (χ0) is 18.1. The molecule has 0 aromatic heterocycles. The lowest BCUT2D eigenvalue weighted by Crippen LogP contribution is -2.53. The zero-order valence-corrected chi connectivity index (χ0v) is 16.3. The third kappa shape index (κ3) is 3.64. The summed E-state index contributed by atoms with van der Waals surface area (Å²) in [5.41, 5.74) is -0.100. The number of carbonyl (C=O) groups excluding carboxylic acids is 2. The van der Waals surface area contributed by atoms with Gasteiger partial charge in [0, 0.05) is 31.0 Å². The van der Waals surface area contributed by atoms with E-state index in [-0.39, 0.29) is 17.2 Å². The summed E-state index contributed by atoms with van der Waals surface area (Å²) in [7, 11) is 0. The predicted molar refractivity (Wildman–Crippen MR) is 102 cm³/mol. The maximum atomic E-state index is 12.9. The molecule has 5 aliphatic rings. The van der Waals surface area contributed by atoms with Crippen LogP contribution in [0.2, 0.25) is 0 Å². The lowest BCUT2D eigenvalue weighted by molar-refractivity contribution is -0.146. The molecule has 2 N–H and O–H groups in total. The molecule has 26 heavy (non-hydrogen) atoms. The van der Waals surface area contributed by atoms with E-state index in [1.807, 2.05) is 0 Å². The van der Waals surface area contributed by atoms with E-state index in [2.05, 4.69) is 22.5 Å². The van der Waals surface area contributed by atoms with Gasteiger partial charge in [-0.2, -0.15) is 0 Å². The second kappa shape index (κ2) is 7.49. The SMILES string of the molecule is CCN1CCCC1CNC(=O)CCNC(=O)C12CC3CC(CC(C3)C1)C2. The molecule has 1 saturated heterocycles. The molecule has 4 aliphatic carbocycles. The fourth-order valence-electron chi connectivity index (χ4n) is 6.73. The quantitative estimate of drug-likeness (QED) is 0.731. The Labute approximate surface area is 157 Å². The van der Waals surface area contributed by atoms with Gasteiger partial charge in [0.1, 0.15) is 0 Å². The number of likely N-dealkylation sites (tertiary alicyclic amines) is 1. The van der Waals surface area contributed by atoms with Gasteiger partial charge in [0.05, 0.1) is 0 Å². The van der Waals surface area contributed by atoms with Gasteiger partial charge in [-0.1, -0.05) is 6.92 Å². The topological polar surface area (TPSA) is 61.4 Å². The largest absolute Gasteiger partial charge is 0.355 e. The van der Waals surface area contributed by atoms with E-state index in [0.29, 0.717) is 19.0 Å². The number of nitrogens with zero attached hydrogens (tertiary/aromatic N) is 1. The lowest BCUT2D eigenvalue weighted by Gasteiger charge is -2.55. The number of nitrogens with one attached hydrogen (secondary N) is 2. The minimum absolute atomic E-state index is 0.0683. The standard InChI is InChI=1S/C21H35N3O2/c1-2-24-7-3-4-18(24)14-23-19(25)5-6-22-20(26)21-11-15-8-16(12-21)10-17(9-15)13-21/h15-18H,2-14H2,1H3,(H,22,26)(H,23,25). The number of hydrogen-bond donors (Lipinski definition) is 2. The molecule has 5 heteroatoms. The summed E-state index contributed by atoms with van der Waals surface area (Å²) < 4.78 is 0. The Balaban J connectivity index is 1.19. The summed E-state index contributed by atoms with van der Waals surface area (Å²) in [5.74, 6) is 2.64. The van der Waals surface area contributed by atoms with Crippen LogP contribution < -0.4 is 10.6 Å². The Hall–Kier alpha value is -1.10. The maximum Gasteiger partial charge on any atom is 0.226 e. The minimum atomic E-state index is -0.100. The molecule has 5 rings (SSSR count). The molecule has 0 spiro atoms. The molecule has 1 atom stereocenters. The highest BCUT2D eigenvalue weighted by atomic mass is 16.2. The van der Waals surface area contributed by atoms with Crippen LogP contribution in [0.3, 0.4) is 0 Å². The van der Waals surface area contributed by atoms with Crippen molar-refractivity contribution in [1.82, 2.24) is 15.5 Å². The van der Waals surface area contributed by atoms with Crippen molar-refractivity contribution >= 4 is 11.8 Å². The number of hydrogen-bond acceptors (Lipinski definition) is 3. The first-order chi connectivity index (χ1) is 12.6. The molecule has 1 heterocycles. The van der Waals surface area contributed by atoms with Gasteiger partial charge in [-0.25, -0.2) is 0 Å². The van der Waals surface area contributed by atoms with Crippen LogP contribution in [-0.2, 0) is 9.59 Å². The third-order valence-electron chi connectivity index (χ3n) is 7.60. The smallest absolute Gasteiger partial charge is 0.226 e. The Morgan fingerprint density at radius 2 is 1.69 bits per heavy atom. The van der Waals surface area contributed by atoms with E-state index in [1.165, 1.54) is 32.1 Å². The number of amides is 2. The van der Waals surface area contributed by atoms with Crippen molar-refractivity contribution in [1.29, 1.82) is 0 Å². The molecule has 5 fully saturated rings. The summed E-state index contributed by atoms with van der Waals surface area (Å²) in [6.45, 7) is 5.62. The highest BCUT2D eigenvalue weighted by Crippen LogP contribution is 2.60. The van der Waals surface area contributed by atoms with Crippen LogP contribution in [-0.4, -0.2) is 48.9 Å². The van der Waals surface area contributed by atoms with Gasteiger partial charge >= 0.3 is 0 Å². The molecule has 0 aromatic rings. The van der Waals surface area contributed by atoms with Crippen molar-refractivity contribution in [2.75, 3.05) is 26.2 Å². The normalized spacial score (nSPS) is 38.5. The number of carbonyl (C=O) groups is 2. The van der Waals surface area contributed by atoms with Gasteiger partial charge in [0.15, 0.2) is 0 Å². The van der Waals surface area contributed by atoms with E-state index in [1.54, 1.807) is 0 Å². The molecule has 4 saturated carbocycles. The first-order valence-electron chi connectivity index (χ1n) is 10.9. The van der Waals surface area contributed by atoms with Crippen LogP contribution in [0.5, 0.6) is 0 Å². The third-order valence-corrected chi connectivity index (χ3v) is 7.60. The Bertz CT molecular complexity index is 512. The van der Waals surface area contributed by atoms with Crippen LogP contribution in [0.25, 0.3) is 0 Å². The Kier molecular flexibility index (Phi) is 5.27. The van der Waals surface area contributed by atoms with E-state index < -0.39 is 0 Å². The molecule has 5 nitrogen and oxygen atoms in total. The van der Waals surface area contributed by atoms with Crippen molar-refractivity contribution < 1.29 is 9.59 Å². The van der Waals surface area contributed by atoms with Crippen LogP contribution in [0.4, 0.5) is 0 Å². The molecular weight excluding hydrogens is 326 g/mol. The maximum absolute atomic E-state index is 12.9. The molecular formula is C21H35N3O2. The molecule has 1 aliphatic heterocycles. The highest BCUT2D eigenvalue weighted by molar-refractivity contribution is 5.84. The second-order valence-electron chi connectivity index (χ2n) is 9.43. The molecule has 4 bridgehead atoms. The molecule has 146 valence electrons. The van der Waals surface area contributed by atoms with Crippen molar-refractivity contribution in [2.45, 2.75) is 70.8 Å².